The topological polar surface area (TPSA) is 154 Å². The minimum Gasteiger partial charge on any atom is -0.395 e. The van der Waals surface area contributed by atoms with Gasteiger partial charge in [0.15, 0.2) is 16.9 Å². The van der Waals surface area contributed by atoms with E-state index in [4.69, 9.17) is 9.57 Å². The highest BCUT2D eigenvalue weighted by Gasteiger charge is 2.27. The van der Waals surface area contributed by atoms with E-state index in [0.717, 1.165) is 18.0 Å². The third-order valence-electron chi connectivity index (χ3n) is 7.13. The first-order valence-corrected chi connectivity index (χ1v) is 16.2. The molecule has 4 rings (SSSR count). The SMILES string of the molecule is CCN(CCO)S(=O)(=O)c1ccc(C(=NO[C@@H]2CCOC2)C(=O)Nc2ncc(CN3CCN(C(C)=O)[C@@H](C)C3)s2)cc1. The highest BCUT2D eigenvalue weighted by Crippen LogP contribution is 2.23. The average Bonchev–Trinajstić information content (AvgIpc) is 3.64. The number of thiazole rings is 1. The number of amides is 2. The van der Waals surface area contributed by atoms with Crippen molar-refractivity contribution in [3.63, 3.8) is 0 Å². The number of ether oxygens (including phenoxy) is 1. The van der Waals surface area contributed by atoms with E-state index < -0.39 is 15.9 Å². The van der Waals surface area contributed by atoms with Crippen LogP contribution in [0.5, 0.6) is 0 Å². The van der Waals surface area contributed by atoms with Gasteiger partial charge in [0.2, 0.25) is 15.9 Å². The molecule has 3 heterocycles. The van der Waals surface area contributed by atoms with Gasteiger partial charge in [-0.15, -0.1) is 11.3 Å². The molecule has 42 heavy (non-hydrogen) atoms. The molecule has 2 aliphatic rings. The zero-order valence-corrected chi connectivity index (χ0v) is 25.7. The summed E-state index contributed by atoms with van der Waals surface area (Å²) in [4.78, 5) is 40.3. The lowest BCUT2D eigenvalue weighted by Crippen LogP contribution is -2.52. The number of hydrogen-bond donors (Lipinski definition) is 2. The summed E-state index contributed by atoms with van der Waals surface area (Å²) in [5.74, 6) is -0.475. The van der Waals surface area contributed by atoms with Gasteiger partial charge < -0.3 is 19.6 Å². The molecule has 0 bridgehead atoms. The molecule has 1 aromatic carbocycles. The number of benzene rings is 1. The van der Waals surface area contributed by atoms with Crippen molar-refractivity contribution in [2.75, 3.05) is 57.9 Å². The van der Waals surface area contributed by atoms with Crippen LogP contribution < -0.4 is 5.32 Å². The number of carbonyl (C=O) groups excluding carboxylic acids is 2. The summed E-state index contributed by atoms with van der Waals surface area (Å²) in [7, 11) is -3.82. The molecular weight excluding hydrogens is 584 g/mol. The molecular formula is C27H38N6O7S2. The van der Waals surface area contributed by atoms with Gasteiger partial charge in [0, 0.05) is 75.3 Å². The zero-order valence-electron chi connectivity index (χ0n) is 24.1. The van der Waals surface area contributed by atoms with E-state index in [1.807, 2.05) is 11.8 Å². The molecule has 2 saturated heterocycles. The number of aliphatic hydroxyl groups is 1. The first-order valence-electron chi connectivity index (χ1n) is 13.9. The molecule has 1 aromatic heterocycles. The maximum Gasteiger partial charge on any atom is 0.280 e. The molecule has 230 valence electrons. The summed E-state index contributed by atoms with van der Waals surface area (Å²) in [6, 6.07) is 5.93. The van der Waals surface area contributed by atoms with Gasteiger partial charge >= 0.3 is 0 Å². The number of aromatic nitrogens is 1. The van der Waals surface area contributed by atoms with Crippen molar-refractivity contribution >= 4 is 44.0 Å². The largest absolute Gasteiger partial charge is 0.395 e. The summed E-state index contributed by atoms with van der Waals surface area (Å²) in [6.07, 6.45) is 2.07. The van der Waals surface area contributed by atoms with Gasteiger partial charge in [-0.05, 0) is 19.1 Å². The Morgan fingerprint density at radius 3 is 2.67 bits per heavy atom. The maximum absolute atomic E-state index is 13.4. The molecule has 2 N–H and O–H groups in total. The zero-order chi connectivity index (χ0) is 30.3. The minimum atomic E-state index is -3.82. The van der Waals surface area contributed by atoms with Crippen LogP contribution in [0.2, 0.25) is 0 Å². The standard InChI is InChI=1S/C27H38N6O7S2/c1-4-32(12-13-34)42(37,38)24-7-5-21(6-8-24)25(30-40-22-9-14-39-18-22)26(36)29-27-28-15-23(41-27)17-31-10-11-33(20(3)35)19(2)16-31/h5-8,15,19,22,34H,4,9-14,16-18H2,1-3H3,(H,28,29,36)/t19-,22+/m0/s1. The molecule has 0 spiro atoms. The second kappa shape index (κ2) is 14.5. The van der Waals surface area contributed by atoms with Gasteiger partial charge in [0.25, 0.3) is 5.91 Å². The second-order valence-corrected chi connectivity index (χ2v) is 13.2. The highest BCUT2D eigenvalue weighted by molar-refractivity contribution is 7.89. The molecule has 0 radical (unpaired) electrons. The molecule has 15 heteroatoms. The monoisotopic (exact) mass is 622 g/mol. The minimum absolute atomic E-state index is 0.0174. The van der Waals surface area contributed by atoms with E-state index in [9.17, 15) is 23.1 Å². The van der Waals surface area contributed by atoms with Crippen molar-refractivity contribution in [2.45, 2.75) is 50.8 Å². The van der Waals surface area contributed by atoms with Crippen molar-refractivity contribution in [2.24, 2.45) is 5.16 Å². The Morgan fingerprint density at radius 1 is 1.29 bits per heavy atom. The summed E-state index contributed by atoms with van der Waals surface area (Å²) in [5, 5.41) is 16.6. The van der Waals surface area contributed by atoms with Gasteiger partial charge in [-0.25, -0.2) is 13.4 Å². The maximum atomic E-state index is 13.4. The van der Waals surface area contributed by atoms with Crippen LogP contribution in [0.25, 0.3) is 0 Å². The summed E-state index contributed by atoms with van der Waals surface area (Å²) >= 11 is 1.35. The van der Waals surface area contributed by atoms with Gasteiger partial charge in [-0.1, -0.05) is 24.2 Å². The number of likely N-dealkylation sites (N-methyl/N-ethyl adjacent to an activating group) is 1. The molecule has 2 aliphatic heterocycles. The van der Waals surface area contributed by atoms with E-state index in [1.54, 1.807) is 20.0 Å². The van der Waals surface area contributed by atoms with Crippen LogP contribution >= 0.6 is 11.3 Å². The molecule has 0 aliphatic carbocycles. The Balaban J connectivity index is 1.47. The highest BCUT2D eigenvalue weighted by atomic mass is 32.2. The van der Waals surface area contributed by atoms with Crippen LogP contribution in [-0.2, 0) is 35.7 Å². The number of rotatable bonds is 12. The van der Waals surface area contributed by atoms with Crippen LogP contribution in [0, 0.1) is 0 Å². The van der Waals surface area contributed by atoms with Crippen molar-refractivity contribution in [1.82, 2.24) is 19.1 Å². The fraction of sp³-hybridized carbons (Fsp3) is 0.556. The second-order valence-electron chi connectivity index (χ2n) is 10.2. The van der Waals surface area contributed by atoms with Crippen molar-refractivity contribution < 1.29 is 32.7 Å². The fourth-order valence-electron chi connectivity index (χ4n) is 4.90. The lowest BCUT2D eigenvalue weighted by molar-refractivity contribution is -0.133. The van der Waals surface area contributed by atoms with Crippen molar-refractivity contribution in [1.29, 1.82) is 0 Å². The molecule has 2 atom stereocenters. The molecule has 2 aromatic rings. The predicted molar refractivity (Wildman–Crippen MR) is 158 cm³/mol. The fourth-order valence-corrected chi connectivity index (χ4v) is 7.19. The number of oxime groups is 1. The summed E-state index contributed by atoms with van der Waals surface area (Å²) in [5.41, 5.74) is 0.337. The number of carbonyl (C=O) groups is 2. The third kappa shape index (κ3) is 7.90. The molecule has 2 amide bonds. The Labute approximate surface area is 250 Å². The van der Waals surface area contributed by atoms with Crippen molar-refractivity contribution in [3.8, 4) is 0 Å². The van der Waals surface area contributed by atoms with E-state index in [1.165, 1.54) is 39.9 Å². The first kappa shape index (κ1) is 32.0. The molecule has 2 fully saturated rings. The molecule has 0 saturated carbocycles. The number of anilines is 1. The Kier molecular flexibility index (Phi) is 11.0. The summed E-state index contributed by atoms with van der Waals surface area (Å²) < 4.78 is 32.4. The lowest BCUT2D eigenvalue weighted by Gasteiger charge is -2.39. The quantitative estimate of drug-likeness (QED) is 0.264. The number of piperazine rings is 1. The van der Waals surface area contributed by atoms with Gasteiger partial charge in [0.1, 0.15) is 0 Å². The summed E-state index contributed by atoms with van der Waals surface area (Å²) in [6.45, 7) is 8.94. The van der Waals surface area contributed by atoms with Gasteiger partial charge in [-0.2, -0.15) is 4.31 Å². The number of aliphatic hydroxyl groups excluding tert-OH is 1. The first-order chi connectivity index (χ1) is 20.1. The molecule has 13 nitrogen and oxygen atoms in total. The van der Waals surface area contributed by atoms with Gasteiger partial charge in [0.05, 0.1) is 24.7 Å². The van der Waals surface area contributed by atoms with Gasteiger partial charge in [-0.3, -0.25) is 19.8 Å². The van der Waals surface area contributed by atoms with Crippen LogP contribution in [0.15, 0.2) is 40.5 Å². The van der Waals surface area contributed by atoms with Crippen LogP contribution in [-0.4, -0.2) is 115 Å². The number of nitrogens with one attached hydrogen (secondary N) is 1. The van der Waals surface area contributed by atoms with E-state index in [0.29, 0.717) is 43.4 Å². The average molecular weight is 623 g/mol. The Morgan fingerprint density at radius 2 is 2.05 bits per heavy atom. The third-order valence-corrected chi connectivity index (χ3v) is 10.0. The smallest absolute Gasteiger partial charge is 0.280 e. The van der Waals surface area contributed by atoms with Crippen LogP contribution in [0.3, 0.4) is 0 Å². The molecule has 0 unspecified atom stereocenters. The van der Waals surface area contributed by atoms with E-state index >= 15 is 0 Å². The predicted octanol–water partition coefficient (Wildman–Crippen LogP) is 1.35. The number of nitrogens with zero attached hydrogens (tertiary/aromatic N) is 5. The van der Waals surface area contributed by atoms with E-state index in [-0.39, 0.29) is 48.4 Å². The van der Waals surface area contributed by atoms with Crippen LogP contribution in [0.1, 0.15) is 37.6 Å². The van der Waals surface area contributed by atoms with Crippen LogP contribution in [0.4, 0.5) is 5.13 Å². The normalized spacial score (nSPS) is 20.2. The Hall–Kier alpha value is -2.95. The van der Waals surface area contributed by atoms with E-state index in [2.05, 4.69) is 20.4 Å². The Bertz CT molecular complexity index is 1360. The number of sulfonamides is 1. The van der Waals surface area contributed by atoms with Crippen molar-refractivity contribution in [3.05, 3.63) is 40.9 Å². The number of hydrogen-bond acceptors (Lipinski definition) is 11. The lowest BCUT2D eigenvalue weighted by atomic mass is 10.1.